The SMILES string of the molecule is CCC1=c2cc(OC(=O)N3CCC(N4CCCCC4)CC3)ccc2=NC2=C3C=C4C(COC(=O)[C@]4(O)CC)C(=O)N3CC21. The Hall–Kier alpha value is -3.50. The molecule has 228 valence electrons. The number of nitrogens with zero attached hydrogens (tertiary/aromatic N) is 4. The fourth-order valence-corrected chi connectivity index (χ4v) is 7.89. The standard InChI is InChI=1S/C33H40N4O6/c1-3-22-23-16-21(43-32(40)36-14-10-20(11-15-36)35-12-6-5-7-13-35)8-9-27(23)34-29-24(22)18-37-28(29)17-26-25(30(37)38)19-42-31(39)33(26,41)4-2/h8-9,16-17,20,24-25,41H,3-7,10-15,18-19H2,1-2H3/t24?,25?,33-/m0/s1. The van der Waals surface area contributed by atoms with E-state index in [0.29, 0.717) is 42.7 Å². The number of benzene rings is 1. The lowest BCUT2D eigenvalue weighted by Crippen LogP contribution is -2.55. The van der Waals surface area contributed by atoms with Gasteiger partial charge in [-0.2, -0.15) is 0 Å². The van der Waals surface area contributed by atoms with Gasteiger partial charge in [-0.25, -0.2) is 14.6 Å². The number of likely N-dealkylation sites (tertiary alicyclic amines) is 2. The van der Waals surface area contributed by atoms with Crippen molar-refractivity contribution < 1.29 is 29.0 Å². The number of rotatable bonds is 4. The number of hydrogen-bond acceptors (Lipinski definition) is 8. The summed E-state index contributed by atoms with van der Waals surface area (Å²) in [6, 6.07) is 6.10. The Kier molecular flexibility index (Phi) is 7.16. The number of allylic oxidation sites excluding steroid dienone is 1. The average Bonchev–Trinajstić information content (AvgIpc) is 3.41. The Bertz CT molecular complexity index is 1550. The minimum atomic E-state index is -1.82. The monoisotopic (exact) mass is 588 g/mol. The predicted molar refractivity (Wildman–Crippen MR) is 157 cm³/mol. The molecule has 3 atom stereocenters. The quantitative estimate of drug-likeness (QED) is 0.537. The molecule has 6 aliphatic rings. The molecule has 2 amide bonds. The van der Waals surface area contributed by atoms with Gasteiger partial charge in [0.2, 0.25) is 5.91 Å². The zero-order valence-corrected chi connectivity index (χ0v) is 25.0. The van der Waals surface area contributed by atoms with Crippen LogP contribution in [0.2, 0.25) is 0 Å². The fourth-order valence-electron chi connectivity index (χ4n) is 7.89. The van der Waals surface area contributed by atoms with E-state index in [-0.39, 0.29) is 30.9 Å². The van der Waals surface area contributed by atoms with E-state index in [0.717, 1.165) is 41.1 Å². The van der Waals surface area contributed by atoms with Crippen LogP contribution in [0, 0.1) is 11.8 Å². The topological polar surface area (TPSA) is 112 Å². The van der Waals surface area contributed by atoms with Gasteiger partial charge in [0.1, 0.15) is 12.4 Å². The molecule has 0 spiro atoms. The van der Waals surface area contributed by atoms with Gasteiger partial charge in [0.25, 0.3) is 0 Å². The lowest BCUT2D eigenvalue weighted by molar-refractivity contribution is -0.172. The highest BCUT2D eigenvalue weighted by molar-refractivity contribution is 5.94. The number of esters is 1. The molecule has 0 aliphatic carbocycles. The van der Waals surface area contributed by atoms with Crippen LogP contribution >= 0.6 is 0 Å². The third kappa shape index (κ3) is 4.61. The maximum Gasteiger partial charge on any atom is 0.415 e. The summed E-state index contributed by atoms with van der Waals surface area (Å²) >= 11 is 0. The number of aliphatic hydroxyl groups is 1. The van der Waals surface area contributed by atoms with Gasteiger partial charge >= 0.3 is 12.1 Å². The van der Waals surface area contributed by atoms with E-state index in [1.807, 2.05) is 17.0 Å². The highest BCUT2D eigenvalue weighted by Gasteiger charge is 2.54. The number of piperidine rings is 2. The zero-order chi connectivity index (χ0) is 29.9. The molecule has 6 heterocycles. The summed E-state index contributed by atoms with van der Waals surface area (Å²) in [5.41, 5.74) is 1.11. The lowest BCUT2D eigenvalue weighted by Gasteiger charge is -2.41. The van der Waals surface area contributed by atoms with E-state index >= 15 is 0 Å². The van der Waals surface area contributed by atoms with Crippen molar-refractivity contribution in [2.75, 3.05) is 39.3 Å². The largest absolute Gasteiger partial charge is 0.462 e. The molecule has 10 heteroatoms. The van der Waals surface area contributed by atoms with Crippen LogP contribution < -0.4 is 15.3 Å². The molecule has 0 aromatic heterocycles. The Labute approximate surface area is 251 Å². The molecule has 1 aromatic carbocycles. The maximum atomic E-state index is 13.6. The van der Waals surface area contributed by atoms with E-state index in [2.05, 4.69) is 11.8 Å². The first-order chi connectivity index (χ1) is 20.8. The molecular weight excluding hydrogens is 548 g/mol. The second kappa shape index (κ2) is 10.9. The van der Waals surface area contributed by atoms with Crippen molar-refractivity contribution in [2.45, 2.75) is 70.4 Å². The van der Waals surface area contributed by atoms with Crippen molar-refractivity contribution in [3.8, 4) is 5.75 Å². The van der Waals surface area contributed by atoms with E-state index in [9.17, 15) is 19.5 Å². The number of carbonyl (C=O) groups is 3. The molecule has 3 fully saturated rings. The van der Waals surface area contributed by atoms with Crippen LogP contribution in [0.5, 0.6) is 5.75 Å². The van der Waals surface area contributed by atoms with Gasteiger partial charge in [0.15, 0.2) is 5.60 Å². The molecule has 1 aromatic rings. The Morgan fingerprint density at radius 1 is 1.09 bits per heavy atom. The predicted octanol–water partition coefficient (Wildman–Crippen LogP) is 2.25. The molecule has 0 radical (unpaired) electrons. The fraction of sp³-hybridized carbons (Fsp3) is 0.576. The summed E-state index contributed by atoms with van der Waals surface area (Å²) < 4.78 is 11.1. The highest BCUT2D eigenvalue weighted by Crippen LogP contribution is 2.45. The van der Waals surface area contributed by atoms with Crippen LogP contribution in [0.25, 0.3) is 5.57 Å². The van der Waals surface area contributed by atoms with Crippen LogP contribution in [0.4, 0.5) is 4.79 Å². The summed E-state index contributed by atoms with van der Waals surface area (Å²) in [7, 11) is 0. The first kappa shape index (κ1) is 28.3. The second-order valence-electron chi connectivity index (χ2n) is 12.6. The molecule has 10 nitrogen and oxygen atoms in total. The summed E-state index contributed by atoms with van der Waals surface area (Å²) in [5.74, 6) is -1.22. The Morgan fingerprint density at radius 3 is 2.58 bits per heavy atom. The second-order valence-corrected chi connectivity index (χ2v) is 12.6. The van der Waals surface area contributed by atoms with Crippen molar-refractivity contribution in [1.82, 2.24) is 14.7 Å². The number of hydrogen-bond donors (Lipinski definition) is 1. The normalized spacial score (nSPS) is 29.3. The summed E-state index contributed by atoms with van der Waals surface area (Å²) in [6.07, 6.45) is 8.15. The van der Waals surface area contributed by atoms with Gasteiger partial charge in [-0.1, -0.05) is 20.3 Å². The molecule has 43 heavy (non-hydrogen) atoms. The number of carbonyl (C=O) groups excluding carboxylic acids is 3. The van der Waals surface area contributed by atoms with E-state index in [1.165, 1.54) is 32.4 Å². The maximum absolute atomic E-state index is 13.6. The average molecular weight is 589 g/mol. The van der Waals surface area contributed by atoms with Gasteiger partial charge in [0, 0.05) is 36.8 Å². The van der Waals surface area contributed by atoms with Crippen molar-refractivity contribution >= 4 is 23.5 Å². The molecule has 6 aliphatic heterocycles. The number of cyclic esters (lactones) is 1. The van der Waals surface area contributed by atoms with Crippen molar-refractivity contribution in [3.05, 3.63) is 51.8 Å². The molecule has 0 bridgehead atoms. The summed E-state index contributed by atoms with van der Waals surface area (Å²) in [5, 5.41) is 12.9. The van der Waals surface area contributed by atoms with Crippen LogP contribution in [-0.4, -0.2) is 88.7 Å². The molecule has 0 saturated carbocycles. The van der Waals surface area contributed by atoms with Gasteiger partial charge in [0.05, 0.1) is 22.7 Å². The smallest absolute Gasteiger partial charge is 0.415 e. The Balaban J connectivity index is 1.15. The Morgan fingerprint density at radius 2 is 1.86 bits per heavy atom. The number of ether oxygens (including phenoxy) is 2. The van der Waals surface area contributed by atoms with Gasteiger partial charge in [-0.05, 0) is 87.0 Å². The minimum Gasteiger partial charge on any atom is -0.462 e. The van der Waals surface area contributed by atoms with Gasteiger partial charge < -0.3 is 29.3 Å². The van der Waals surface area contributed by atoms with Crippen LogP contribution in [0.1, 0.15) is 58.8 Å². The van der Waals surface area contributed by atoms with Crippen molar-refractivity contribution in [3.63, 3.8) is 0 Å². The molecule has 1 N–H and O–H groups in total. The van der Waals surface area contributed by atoms with E-state index < -0.39 is 17.5 Å². The van der Waals surface area contributed by atoms with Crippen LogP contribution in [0.15, 0.2) is 46.2 Å². The third-order valence-electron chi connectivity index (χ3n) is 10.4. The zero-order valence-electron chi connectivity index (χ0n) is 25.0. The molecule has 3 saturated heterocycles. The highest BCUT2D eigenvalue weighted by atomic mass is 16.6. The van der Waals surface area contributed by atoms with E-state index in [1.54, 1.807) is 24.0 Å². The number of fused-ring (bicyclic) bond motifs is 4. The van der Waals surface area contributed by atoms with Gasteiger partial charge in [-0.3, -0.25) is 4.79 Å². The first-order valence-electron chi connectivity index (χ1n) is 15.9. The van der Waals surface area contributed by atoms with E-state index in [4.69, 9.17) is 14.5 Å². The molecular formula is C33H40N4O6. The third-order valence-corrected chi connectivity index (χ3v) is 10.4. The minimum absolute atomic E-state index is 0.0675. The van der Waals surface area contributed by atoms with Crippen molar-refractivity contribution in [2.24, 2.45) is 16.8 Å². The lowest BCUT2D eigenvalue weighted by atomic mass is 9.77. The molecule has 2 unspecified atom stereocenters. The van der Waals surface area contributed by atoms with Crippen LogP contribution in [0.3, 0.4) is 0 Å². The number of amides is 2. The molecule has 7 rings (SSSR count). The summed E-state index contributed by atoms with van der Waals surface area (Å²) in [4.78, 5) is 50.4. The van der Waals surface area contributed by atoms with Crippen LogP contribution in [-0.2, 0) is 14.3 Å². The van der Waals surface area contributed by atoms with Crippen molar-refractivity contribution in [1.29, 1.82) is 0 Å². The summed E-state index contributed by atoms with van der Waals surface area (Å²) in [6.45, 7) is 7.91. The van der Waals surface area contributed by atoms with Gasteiger partial charge in [-0.15, -0.1) is 0 Å². The first-order valence-corrected chi connectivity index (χ1v) is 15.9.